The van der Waals surface area contributed by atoms with Gasteiger partial charge in [-0.25, -0.2) is 4.98 Å². The molecule has 0 spiro atoms. The molecule has 1 atom stereocenters. The Kier molecular flexibility index (Phi) is 5.19. The van der Waals surface area contributed by atoms with Gasteiger partial charge in [0.1, 0.15) is 11.3 Å². The van der Waals surface area contributed by atoms with E-state index in [0.717, 1.165) is 24.9 Å². The van der Waals surface area contributed by atoms with Crippen molar-refractivity contribution in [1.82, 2.24) is 9.55 Å². The summed E-state index contributed by atoms with van der Waals surface area (Å²) in [5, 5.41) is 9.71. The smallest absolute Gasteiger partial charge is 0.263 e. The van der Waals surface area contributed by atoms with Gasteiger partial charge in [-0.15, -0.1) is 0 Å². The molecule has 1 unspecified atom stereocenters. The van der Waals surface area contributed by atoms with Gasteiger partial charge in [-0.05, 0) is 42.7 Å². The van der Waals surface area contributed by atoms with E-state index in [1.165, 1.54) is 0 Å². The van der Waals surface area contributed by atoms with Gasteiger partial charge < -0.3 is 15.4 Å². The molecule has 4 rings (SSSR count). The van der Waals surface area contributed by atoms with Crippen molar-refractivity contribution in [2.75, 3.05) is 25.1 Å². The molecule has 1 aromatic heterocycles. The summed E-state index contributed by atoms with van der Waals surface area (Å²) in [5.74, 6) is 1.16. The number of nitriles is 1. The van der Waals surface area contributed by atoms with E-state index in [4.69, 9.17) is 15.5 Å². The van der Waals surface area contributed by atoms with E-state index in [2.05, 4.69) is 11.0 Å². The van der Waals surface area contributed by atoms with Crippen molar-refractivity contribution in [3.8, 4) is 11.8 Å². The summed E-state index contributed by atoms with van der Waals surface area (Å²) in [5.41, 5.74) is 8.05. The van der Waals surface area contributed by atoms with E-state index in [1.54, 1.807) is 42.0 Å². The van der Waals surface area contributed by atoms with Crippen molar-refractivity contribution in [1.29, 1.82) is 5.26 Å². The molecule has 0 radical (unpaired) electrons. The number of anilines is 1. The number of aromatic nitrogens is 2. The summed E-state index contributed by atoms with van der Waals surface area (Å²) in [6, 6.07) is 14.8. The molecule has 0 bridgehead atoms. The van der Waals surface area contributed by atoms with Crippen LogP contribution in [0.5, 0.6) is 5.75 Å². The molecule has 29 heavy (non-hydrogen) atoms. The third-order valence-corrected chi connectivity index (χ3v) is 5.29. The van der Waals surface area contributed by atoms with Gasteiger partial charge in [0.15, 0.2) is 0 Å². The van der Waals surface area contributed by atoms with Crippen LogP contribution in [-0.4, -0.2) is 35.8 Å². The minimum Gasteiger partial charge on any atom is -0.494 e. The summed E-state index contributed by atoms with van der Waals surface area (Å²) >= 11 is 0. The van der Waals surface area contributed by atoms with Gasteiger partial charge in [0.25, 0.3) is 5.56 Å². The second kappa shape index (κ2) is 7.94. The second-order valence-corrected chi connectivity index (χ2v) is 7.32. The monoisotopic (exact) mass is 389 g/mol. The third kappa shape index (κ3) is 3.67. The highest BCUT2D eigenvalue weighted by Crippen LogP contribution is 2.26. The van der Waals surface area contributed by atoms with Crippen LogP contribution in [-0.2, 0) is 6.54 Å². The molecule has 0 saturated carbocycles. The summed E-state index contributed by atoms with van der Waals surface area (Å²) in [7, 11) is 1.58. The zero-order valence-electron chi connectivity index (χ0n) is 16.3. The molecule has 1 saturated heterocycles. The first-order valence-corrected chi connectivity index (χ1v) is 9.68. The molecule has 1 aliphatic heterocycles. The highest BCUT2D eigenvalue weighted by molar-refractivity contribution is 5.84. The van der Waals surface area contributed by atoms with Crippen LogP contribution >= 0.6 is 0 Å². The van der Waals surface area contributed by atoms with Crippen molar-refractivity contribution in [2.45, 2.75) is 25.4 Å². The average Bonchev–Trinajstić information content (AvgIpc) is 2.75. The van der Waals surface area contributed by atoms with E-state index < -0.39 is 0 Å². The lowest BCUT2D eigenvalue weighted by atomic mass is 10.1. The number of para-hydroxylation sites is 1. The average molecular weight is 389 g/mol. The van der Waals surface area contributed by atoms with Crippen LogP contribution in [0.15, 0.2) is 47.3 Å². The Morgan fingerprint density at radius 3 is 2.90 bits per heavy atom. The van der Waals surface area contributed by atoms with Crippen molar-refractivity contribution in [3.05, 3.63) is 63.9 Å². The number of benzene rings is 2. The molecule has 0 amide bonds. The maximum atomic E-state index is 13.4. The predicted molar refractivity (Wildman–Crippen MR) is 112 cm³/mol. The summed E-state index contributed by atoms with van der Waals surface area (Å²) in [6.45, 7) is 1.76. The zero-order valence-corrected chi connectivity index (χ0v) is 16.3. The molecular weight excluding hydrogens is 366 g/mol. The largest absolute Gasteiger partial charge is 0.494 e. The molecule has 1 fully saturated rings. The Bertz CT molecular complexity index is 1150. The number of rotatable bonds is 4. The fourth-order valence-corrected chi connectivity index (χ4v) is 3.87. The first kappa shape index (κ1) is 19.0. The topological polar surface area (TPSA) is 97.2 Å². The third-order valence-electron chi connectivity index (χ3n) is 5.29. The quantitative estimate of drug-likeness (QED) is 0.735. The minimum absolute atomic E-state index is 0.0457. The van der Waals surface area contributed by atoms with Crippen LogP contribution in [0.25, 0.3) is 10.9 Å². The van der Waals surface area contributed by atoms with Gasteiger partial charge in [-0.3, -0.25) is 9.36 Å². The van der Waals surface area contributed by atoms with Crippen molar-refractivity contribution < 1.29 is 4.74 Å². The molecular formula is C22H23N5O2. The maximum absolute atomic E-state index is 13.4. The van der Waals surface area contributed by atoms with Gasteiger partial charge >= 0.3 is 0 Å². The van der Waals surface area contributed by atoms with Crippen molar-refractivity contribution in [3.63, 3.8) is 0 Å². The molecule has 2 N–H and O–H groups in total. The molecule has 1 aliphatic rings. The number of methoxy groups -OCH3 is 1. The number of fused-ring (bicyclic) bond motifs is 1. The summed E-state index contributed by atoms with van der Waals surface area (Å²) in [4.78, 5) is 20.4. The number of piperidine rings is 1. The molecule has 7 nitrogen and oxygen atoms in total. The fourth-order valence-electron chi connectivity index (χ4n) is 3.87. The first-order valence-electron chi connectivity index (χ1n) is 9.68. The highest BCUT2D eigenvalue weighted by atomic mass is 16.5. The molecule has 2 heterocycles. The lowest BCUT2D eigenvalue weighted by Crippen LogP contribution is -2.45. The molecule has 7 heteroatoms. The number of hydrogen-bond acceptors (Lipinski definition) is 6. The van der Waals surface area contributed by atoms with Crippen LogP contribution in [0.4, 0.5) is 5.95 Å². The maximum Gasteiger partial charge on any atom is 0.263 e. The van der Waals surface area contributed by atoms with Crippen LogP contribution in [0.1, 0.15) is 24.0 Å². The number of hydrogen-bond donors (Lipinski definition) is 1. The lowest BCUT2D eigenvalue weighted by molar-refractivity contribution is 0.418. The Morgan fingerprint density at radius 2 is 2.14 bits per heavy atom. The Balaban J connectivity index is 1.90. The van der Waals surface area contributed by atoms with E-state index in [-0.39, 0.29) is 11.6 Å². The molecule has 3 aromatic rings. The van der Waals surface area contributed by atoms with E-state index in [0.29, 0.717) is 41.3 Å². The highest BCUT2D eigenvalue weighted by Gasteiger charge is 2.23. The molecule has 0 aliphatic carbocycles. The van der Waals surface area contributed by atoms with Crippen LogP contribution in [0.2, 0.25) is 0 Å². The van der Waals surface area contributed by atoms with Gasteiger partial charge in [0.2, 0.25) is 5.95 Å². The number of nitrogens with zero attached hydrogens (tertiary/aromatic N) is 4. The number of nitrogens with two attached hydrogens (primary N) is 1. The molecule has 148 valence electrons. The first-order chi connectivity index (χ1) is 14.1. The van der Waals surface area contributed by atoms with E-state index in [9.17, 15) is 10.1 Å². The van der Waals surface area contributed by atoms with Gasteiger partial charge in [-0.2, -0.15) is 5.26 Å². The predicted octanol–water partition coefficient (Wildman–Crippen LogP) is 2.25. The molecule has 2 aromatic carbocycles. The Hall–Kier alpha value is -3.37. The number of ether oxygens (including phenoxy) is 1. The zero-order chi connectivity index (χ0) is 20.4. The van der Waals surface area contributed by atoms with Gasteiger partial charge in [0.05, 0.1) is 30.7 Å². The van der Waals surface area contributed by atoms with Crippen LogP contribution in [0.3, 0.4) is 0 Å². The van der Waals surface area contributed by atoms with Crippen LogP contribution < -0.4 is 20.9 Å². The van der Waals surface area contributed by atoms with Crippen molar-refractivity contribution >= 4 is 16.9 Å². The SMILES string of the molecule is COc1cccc2c(=O)n(Cc3cccc(C#N)c3)c(N3CCCC(N)C3)nc12. The standard InChI is InChI=1S/C22H23N5O2/c1-29-19-9-3-8-18-20(19)25-22(26-10-4-7-17(24)14-26)27(21(18)28)13-16-6-2-5-15(11-16)12-23/h2-3,5-6,8-9,11,17H,4,7,10,13-14,24H2,1H3. The van der Waals surface area contributed by atoms with Crippen molar-refractivity contribution in [2.24, 2.45) is 5.73 Å². The van der Waals surface area contributed by atoms with Crippen LogP contribution in [0, 0.1) is 11.3 Å². The normalized spacial score (nSPS) is 16.6. The Morgan fingerprint density at radius 1 is 1.31 bits per heavy atom. The minimum atomic E-state index is -0.134. The summed E-state index contributed by atoms with van der Waals surface area (Å²) < 4.78 is 7.12. The van der Waals surface area contributed by atoms with E-state index in [1.807, 2.05) is 12.1 Å². The van der Waals surface area contributed by atoms with Gasteiger partial charge in [-0.1, -0.05) is 18.2 Å². The van der Waals surface area contributed by atoms with E-state index >= 15 is 0 Å². The summed E-state index contributed by atoms with van der Waals surface area (Å²) in [6.07, 6.45) is 1.91. The lowest BCUT2D eigenvalue weighted by Gasteiger charge is -2.33. The van der Waals surface area contributed by atoms with Gasteiger partial charge in [0, 0.05) is 19.1 Å². The Labute approximate surface area is 169 Å². The second-order valence-electron chi connectivity index (χ2n) is 7.32. The fraction of sp³-hybridized carbons (Fsp3) is 0.318.